The van der Waals surface area contributed by atoms with Crippen molar-refractivity contribution in [2.24, 2.45) is 16.7 Å². The van der Waals surface area contributed by atoms with Crippen molar-refractivity contribution in [3.05, 3.63) is 29.3 Å². The van der Waals surface area contributed by atoms with Gasteiger partial charge >= 0.3 is 0 Å². The molecule has 1 saturated carbocycles. The van der Waals surface area contributed by atoms with E-state index in [2.05, 4.69) is 33.0 Å². The van der Waals surface area contributed by atoms with Crippen LogP contribution in [0.2, 0.25) is 0 Å². The maximum absolute atomic E-state index is 12.2. The first-order valence-corrected chi connectivity index (χ1v) is 6.82. The lowest BCUT2D eigenvalue weighted by Crippen LogP contribution is -2.27. The zero-order chi connectivity index (χ0) is 14.4. The van der Waals surface area contributed by atoms with E-state index >= 15 is 0 Å². The van der Waals surface area contributed by atoms with E-state index < -0.39 is 0 Å². The van der Waals surface area contributed by atoms with Crippen LogP contribution in [0.5, 0.6) is 0 Å². The van der Waals surface area contributed by atoms with Gasteiger partial charge in [-0.15, -0.1) is 0 Å². The van der Waals surface area contributed by atoms with Crippen molar-refractivity contribution in [3.8, 4) is 0 Å². The number of nitrogen functional groups attached to an aromatic ring is 1. The van der Waals surface area contributed by atoms with E-state index in [0.29, 0.717) is 34.5 Å². The Morgan fingerprint density at radius 1 is 1.26 bits per heavy atom. The minimum absolute atomic E-state index is 0.0697. The minimum Gasteiger partial charge on any atom is -0.398 e. The molecule has 0 spiro atoms. The van der Waals surface area contributed by atoms with Gasteiger partial charge in [-0.05, 0) is 35.8 Å². The highest BCUT2D eigenvalue weighted by molar-refractivity contribution is 5.99. The maximum Gasteiger partial charge on any atom is 0.253 e. The van der Waals surface area contributed by atoms with Crippen molar-refractivity contribution in [2.45, 2.75) is 34.6 Å². The van der Waals surface area contributed by atoms with Gasteiger partial charge in [0.15, 0.2) is 0 Å². The Kier molecular flexibility index (Phi) is 3.12. The Morgan fingerprint density at radius 2 is 1.84 bits per heavy atom. The van der Waals surface area contributed by atoms with E-state index in [0.717, 1.165) is 5.56 Å². The Morgan fingerprint density at radius 3 is 2.37 bits per heavy atom. The number of rotatable bonds is 3. The van der Waals surface area contributed by atoms with E-state index in [9.17, 15) is 4.79 Å². The second kappa shape index (κ2) is 4.26. The molecule has 3 N–H and O–H groups in total. The number of amides is 1. The average molecular weight is 260 g/mol. The van der Waals surface area contributed by atoms with E-state index in [4.69, 9.17) is 5.73 Å². The smallest absolute Gasteiger partial charge is 0.253 e. The molecule has 1 aromatic rings. The number of aryl methyl sites for hydroxylation is 1. The summed E-state index contributed by atoms with van der Waals surface area (Å²) < 4.78 is 0. The summed E-state index contributed by atoms with van der Waals surface area (Å²) >= 11 is 0. The Labute approximate surface area is 115 Å². The quantitative estimate of drug-likeness (QED) is 0.821. The molecular weight excluding hydrogens is 236 g/mol. The largest absolute Gasteiger partial charge is 0.398 e. The van der Waals surface area contributed by atoms with E-state index in [1.54, 1.807) is 6.07 Å². The number of carbonyl (C=O) groups is 1. The molecule has 3 heteroatoms. The van der Waals surface area contributed by atoms with Crippen LogP contribution in [0.4, 0.5) is 5.69 Å². The summed E-state index contributed by atoms with van der Waals surface area (Å²) in [7, 11) is 0. The highest BCUT2D eigenvalue weighted by atomic mass is 16.1. The van der Waals surface area contributed by atoms with E-state index in [-0.39, 0.29) is 5.91 Å². The Hall–Kier alpha value is -1.51. The van der Waals surface area contributed by atoms with Crippen LogP contribution in [0.1, 0.15) is 43.6 Å². The van der Waals surface area contributed by atoms with Gasteiger partial charge in [-0.1, -0.05) is 39.3 Å². The van der Waals surface area contributed by atoms with Crippen molar-refractivity contribution in [3.63, 3.8) is 0 Å². The molecule has 1 aromatic carbocycles. The third-order valence-corrected chi connectivity index (χ3v) is 5.24. The molecule has 104 valence electrons. The molecule has 0 unspecified atom stereocenters. The number of hydrogen-bond donors (Lipinski definition) is 2. The average Bonchev–Trinajstić information content (AvgIpc) is 2.70. The first-order chi connectivity index (χ1) is 8.68. The van der Waals surface area contributed by atoms with Gasteiger partial charge in [0.2, 0.25) is 0 Å². The summed E-state index contributed by atoms with van der Waals surface area (Å²) in [5, 5.41) is 3.02. The van der Waals surface area contributed by atoms with Gasteiger partial charge in [-0.3, -0.25) is 4.79 Å². The molecule has 19 heavy (non-hydrogen) atoms. The molecule has 0 saturated heterocycles. The lowest BCUT2D eigenvalue weighted by Gasteiger charge is -2.09. The monoisotopic (exact) mass is 260 g/mol. The predicted molar refractivity (Wildman–Crippen MR) is 79.0 cm³/mol. The zero-order valence-corrected chi connectivity index (χ0v) is 12.5. The van der Waals surface area contributed by atoms with Gasteiger partial charge in [0, 0.05) is 12.2 Å². The highest BCUT2D eigenvalue weighted by Crippen LogP contribution is 2.67. The Balaban J connectivity index is 2.02. The fourth-order valence-corrected chi connectivity index (χ4v) is 3.00. The standard InChI is InChI=1S/C16H24N2O/c1-10-6-7-12(17)11(8-10)14(19)18-9-13-15(2,3)16(13,4)5/h6-8,13H,9,17H2,1-5H3,(H,18,19). The summed E-state index contributed by atoms with van der Waals surface area (Å²) in [6.45, 7) is 11.7. The van der Waals surface area contributed by atoms with Gasteiger partial charge in [0.05, 0.1) is 5.56 Å². The van der Waals surface area contributed by atoms with Gasteiger partial charge in [0.25, 0.3) is 5.91 Å². The van der Waals surface area contributed by atoms with Gasteiger partial charge < -0.3 is 11.1 Å². The van der Waals surface area contributed by atoms with Crippen molar-refractivity contribution in [1.82, 2.24) is 5.32 Å². The molecule has 0 atom stereocenters. The molecule has 0 aliphatic heterocycles. The molecule has 1 aliphatic carbocycles. The van der Waals surface area contributed by atoms with Crippen LogP contribution in [0, 0.1) is 23.7 Å². The van der Waals surface area contributed by atoms with E-state index in [1.807, 2.05) is 19.1 Å². The second-order valence-electron chi connectivity index (χ2n) is 6.80. The zero-order valence-electron chi connectivity index (χ0n) is 12.5. The van der Waals surface area contributed by atoms with Crippen LogP contribution >= 0.6 is 0 Å². The molecule has 0 heterocycles. The third kappa shape index (κ3) is 2.22. The minimum atomic E-state index is -0.0697. The summed E-state index contributed by atoms with van der Waals surface area (Å²) in [5.74, 6) is 0.453. The van der Waals surface area contributed by atoms with Gasteiger partial charge in [-0.25, -0.2) is 0 Å². The number of anilines is 1. The summed E-state index contributed by atoms with van der Waals surface area (Å²) in [5.41, 5.74) is 8.61. The van der Waals surface area contributed by atoms with Crippen LogP contribution in [0.25, 0.3) is 0 Å². The maximum atomic E-state index is 12.2. The number of nitrogens with one attached hydrogen (secondary N) is 1. The first kappa shape index (κ1) is 13.9. The number of benzene rings is 1. The summed E-state index contributed by atoms with van der Waals surface area (Å²) in [6, 6.07) is 5.54. The third-order valence-electron chi connectivity index (χ3n) is 5.24. The molecule has 3 nitrogen and oxygen atoms in total. The number of hydrogen-bond acceptors (Lipinski definition) is 2. The Bertz CT molecular complexity index is 503. The molecule has 2 rings (SSSR count). The first-order valence-electron chi connectivity index (χ1n) is 6.82. The summed E-state index contributed by atoms with van der Waals surface area (Å²) in [6.07, 6.45) is 0. The molecule has 1 aliphatic rings. The van der Waals surface area contributed by atoms with Crippen molar-refractivity contribution in [1.29, 1.82) is 0 Å². The van der Waals surface area contributed by atoms with Crippen LogP contribution in [-0.4, -0.2) is 12.5 Å². The fraction of sp³-hybridized carbons (Fsp3) is 0.562. The fourth-order valence-electron chi connectivity index (χ4n) is 3.00. The topological polar surface area (TPSA) is 55.1 Å². The van der Waals surface area contributed by atoms with Crippen molar-refractivity contribution >= 4 is 11.6 Å². The molecule has 0 bridgehead atoms. The second-order valence-corrected chi connectivity index (χ2v) is 6.80. The van der Waals surface area contributed by atoms with Crippen LogP contribution < -0.4 is 11.1 Å². The molecule has 1 amide bonds. The normalized spacial score (nSPS) is 20.1. The van der Waals surface area contributed by atoms with Crippen LogP contribution in [0.15, 0.2) is 18.2 Å². The number of nitrogens with two attached hydrogens (primary N) is 1. The number of carbonyl (C=O) groups excluding carboxylic acids is 1. The molecular formula is C16H24N2O. The molecule has 0 aromatic heterocycles. The highest BCUT2D eigenvalue weighted by Gasteiger charge is 2.64. The van der Waals surface area contributed by atoms with Crippen LogP contribution in [-0.2, 0) is 0 Å². The SMILES string of the molecule is Cc1ccc(N)c(C(=O)NCC2C(C)(C)C2(C)C)c1. The molecule has 0 radical (unpaired) electrons. The van der Waals surface area contributed by atoms with Crippen LogP contribution in [0.3, 0.4) is 0 Å². The lowest BCUT2D eigenvalue weighted by molar-refractivity contribution is 0.0950. The van der Waals surface area contributed by atoms with Gasteiger partial charge in [0.1, 0.15) is 0 Å². The van der Waals surface area contributed by atoms with Crippen molar-refractivity contribution < 1.29 is 4.79 Å². The molecule has 1 fully saturated rings. The summed E-state index contributed by atoms with van der Waals surface area (Å²) in [4.78, 5) is 12.2. The van der Waals surface area contributed by atoms with Gasteiger partial charge in [-0.2, -0.15) is 0 Å². The lowest BCUT2D eigenvalue weighted by atomic mass is 10.0. The van der Waals surface area contributed by atoms with Crippen molar-refractivity contribution in [2.75, 3.05) is 12.3 Å². The van der Waals surface area contributed by atoms with E-state index in [1.165, 1.54) is 0 Å². The predicted octanol–water partition coefficient (Wildman–Crippen LogP) is 2.99.